The first-order chi connectivity index (χ1) is 11.5. The molecule has 150 valence electrons. The molecule has 0 aromatic rings. The van der Waals surface area contributed by atoms with E-state index in [-0.39, 0.29) is 13.2 Å². The summed E-state index contributed by atoms with van der Waals surface area (Å²) in [5.74, 6) is 0. The maximum atomic E-state index is 12.9. The summed E-state index contributed by atoms with van der Waals surface area (Å²) in [6, 6.07) is 0. The summed E-state index contributed by atoms with van der Waals surface area (Å²) in [5.41, 5.74) is -4.26. The van der Waals surface area contributed by atoms with Crippen molar-refractivity contribution in [3.8, 4) is 0 Å². The van der Waals surface area contributed by atoms with E-state index in [1.165, 1.54) is 0 Å². The molecule has 2 heterocycles. The molecule has 0 aromatic carbocycles. The Labute approximate surface area is 163 Å². The Hall–Kier alpha value is 0.470. The van der Waals surface area contributed by atoms with Crippen LogP contribution in [0.2, 0.25) is 0 Å². The second-order valence-corrected chi connectivity index (χ2v) is 12.3. The smallest absolute Gasteiger partial charge is 0.386 e. The first kappa shape index (κ1) is 22.8. The monoisotopic (exact) mass is 408 g/mol. The Balaban J connectivity index is 2.09. The van der Waals surface area contributed by atoms with Gasteiger partial charge in [-0.05, 0) is 41.0 Å². The lowest BCUT2D eigenvalue weighted by Gasteiger charge is -2.37. The van der Waals surface area contributed by atoms with E-state index >= 15 is 0 Å². The van der Waals surface area contributed by atoms with Crippen molar-refractivity contribution in [1.29, 1.82) is 0 Å². The van der Waals surface area contributed by atoms with Gasteiger partial charge in [0.1, 0.15) is 33.0 Å². The number of hydrogen-bond donors (Lipinski definition) is 3. The molecule has 0 saturated carbocycles. The predicted octanol–water partition coefficient (Wildman–Crippen LogP) is 0.226. The van der Waals surface area contributed by atoms with Crippen molar-refractivity contribution in [3.05, 3.63) is 0 Å². The molecule has 2 aliphatic heterocycles. The lowest BCUT2D eigenvalue weighted by Crippen LogP contribution is -2.49. The van der Waals surface area contributed by atoms with E-state index < -0.39 is 40.7 Å². The fourth-order valence-electron chi connectivity index (χ4n) is 4.28. The fourth-order valence-corrected chi connectivity index (χ4v) is 6.19. The van der Waals surface area contributed by atoms with Gasteiger partial charge in [0.2, 0.25) is 0 Å². The second kappa shape index (κ2) is 6.77. The Kier molecular flexibility index (Phi) is 5.92. The minimum Gasteiger partial charge on any atom is -0.394 e. The highest BCUT2D eigenvalue weighted by atomic mass is 32.7. The highest BCUT2D eigenvalue weighted by Crippen LogP contribution is 2.60. The summed E-state index contributed by atoms with van der Waals surface area (Å²) in [6.07, 6.45) is 0.212. The number of aliphatic hydroxyl groups excluding tert-OH is 1. The van der Waals surface area contributed by atoms with Gasteiger partial charge in [-0.1, -0.05) is 12.2 Å². The number of thiol groups is 1. The Morgan fingerprint density at radius 3 is 2.23 bits per heavy atom. The van der Waals surface area contributed by atoms with Crippen molar-refractivity contribution in [3.63, 3.8) is 0 Å². The number of hydrogen-bond acceptors (Lipinski definition) is 7. The molecular weight excluding hydrogens is 377 g/mol. The van der Waals surface area contributed by atoms with Crippen LogP contribution in [0.15, 0.2) is 0 Å². The molecule has 2 saturated heterocycles. The molecule has 2 aliphatic rings. The van der Waals surface area contributed by atoms with Crippen LogP contribution < -0.4 is 0 Å². The van der Waals surface area contributed by atoms with Gasteiger partial charge < -0.3 is 19.7 Å². The zero-order valence-electron chi connectivity index (χ0n) is 16.7. The normalized spacial score (nSPS) is 51.5. The Bertz CT molecular complexity index is 603. The second-order valence-electron chi connectivity index (χ2n) is 9.41. The largest absolute Gasteiger partial charge is 0.394 e. The van der Waals surface area contributed by atoms with Crippen molar-refractivity contribution in [2.75, 3.05) is 13.2 Å². The van der Waals surface area contributed by atoms with E-state index in [1.807, 2.05) is 29.5 Å². The summed E-state index contributed by atoms with van der Waals surface area (Å²) in [6.45, 7) is 4.67. The molecule has 0 radical (unpaired) electrons. The van der Waals surface area contributed by atoms with E-state index in [4.69, 9.17) is 18.5 Å². The zero-order chi connectivity index (χ0) is 20.2. The Morgan fingerprint density at radius 2 is 1.77 bits per heavy atom. The SMILES string of the molecule is BC1(C)C[C@@](C)(OP(=O)(S)OCC2(C)OC(B)(C)C[C@@]2(C)O)C(CO)O1. The van der Waals surface area contributed by atoms with Gasteiger partial charge >= 0.3 is 6.80 Å². The third kappa shape index (κ3) is 4.71. The van der Waals surface area contributed by atoms with E-state index in [2.05, 4.69) is 12.2 Å². The molecule has 26 heavy (non-hydrogen) atoms. The molecule has 0 amide bonds. The summed E-state index contributed by atoms with van der Waals surface area (Å²) in [4.78, 5) is 0. The van der Waals surface area contributed by atoms with E-state index in [9.17, 15) is 14.8 Å². The van der Waals surface area contributed by atoms with Crippen molar-refractivity contribution < 1.29 is 33.3 Å². The Morgan fingerprint density at radius 1 is 1.19 bits per heavy atom. The van der Waals surface area contributed by atoms with Crippen molar-refractivity contribution in [1.82, 2.24) is 0 Å². The van der Waals surface area contributed by atoms with Gasteiger partial charge in [0, 0.05) is 17.4 Å². The number of rotatable bonds is 6. The highest BCUT2D eigenvalue weighted by Gasteiger charge is 2.58. The van der Waals surface area contributed by atoms with Crippen LogP contribution in [0.25, 0.3) is 0 Å². The minimum absolute atomic E-state index is 0.145. The zero-order valence-corrected chi connectivity index (χ0v) is 18.5. The van der Waals surface area contributed by atoms with Gasteiger partial charge in [0.05, 0.1) is 18.8 Å². The van der Waals surface area contributed by atoms with Crippen molar-refractivity contribution >= 4 is 34.7 Å². The van der Waals surface area contributed by atoms with Gasteiger partial charge in [-0.25, -0.2) is 4.57 Å². The molecule has 7 nitrogen and oxygen atoms in total. The number of ether oxygens (including phenoxy) is 2. The molecule has 0 aliphatic carbocycles. The van der Waals surface area contributed by atoms with Gasteiger partial charge in [0.15, 0.2) is 0 Å². The van der Waals surface area contributed by atoms with Crippen molar-refractivity contribution in [2.24, 2.45) is 0 Å². The van der Waals surface area contributed by atoms with Crippen molar-refractivity contribution in [2.45, 2.75) is 81.4 Å². The predicted molar refractivity (Wildman–Crippen MR) is 107 cm³/mol. The first-order valence-corrected chi connectivity index (χ1v) is 11.5. The molecule has 0 spiro atoms. The molecule has 0 bridgehead atoms. The van der Waals surface area contributed by atoms with Gasteiger partial charge in [-0.3, -0.25) is 9.05 Å². The molecule has 7 atom stereocenters. The minimum atomic E-state index is -3.79. The third-order valence-corrected chi connectivity index (χ3v) is 7.02. The van der Waals surface area contributed by atoms with Gasteiger partial charge in [0.25, 0.3) is 0 Å². The van der Waals surface area contributed by atoms with Crippen LogP contribution in [0.3, 0.4) is 0 Å². The van der Waals surface area contributed by atoms with Gasteiger partial charge in [-0.2, -0.15) is 0 Å². The summed E-state index contributed by atoms with van der Waals surface area (Å²) < 4.78 is 35.8. The van der Waals surface area contributed by atoms with Crippen LogP contribution in [0.1, 0.15) is 47.5 Å². The fraction of sp³-hybridized carbons (Fsp3) is 1.00. The van der Waals surface area contributed by atoms with Crippen LogP contribution in [0.5, 0.6) is 0 Å². The maximum absolute atomic E-state index is 12.9. The maximum Gasteiger partial charge on any atom is 0.386 e. The van der Waals surface area contributed by atoms with E-state index in [0.29, 0.717) is 12.8 Å². The summed E-state index contributed by atoms with van der Waals surface area (Å²) >= 11 is 4.10. The molecule has 2 N–H and O–H groups in total. The average Bonchev–Trinajstić information content (AvgIpc) is 2.71. The molecule has 5 unspecified atom stereocenters. The standard InChI is InChI=1S/C15H31B2O7PS/c1-11(7-14(4,16)22-10(11)6-18)24-25(20,26)21-9-13(3)12(2,19)8-15(5,17)23-13/h10,18-19H,6-9,16-17H2,1-5H3,(H,20,26)/t10?,11-,12-,13?,14?,15?,25?/m1/s1. The van der Waals surface area contributed by atoms with Gasteiger partial charge in [-0.15, -0.1) is 0 Å². The van der Waals surface area contributed by atoms with E-state index in [0.717, 1.165) is 0 Å². The molecule has 2 fully saturated rings. The lowest BCUT2D eigenvalue weighted by molar-refractivity contribution is -0.139. The van der Waals surface area contributed by atoms with Crippen LogP contribution in [0, 0.1) is 0 Å². The quantitative estimate of drug-likeness (QED) is 0.329. The molecular formula is C15H31B2O7PS. The highest BCUT2D eigenvalue weighted by molar-refractivity contribution is 8.44. The first-order valence-electron chi connectivity index (χ1n) is 8.84. The molecule has 2 rings (SSSR count). The molecule has 0 aromatic heterocycles. The average molecular weight is 408 g/mol. The summed E-state index contributed by atoms with van der Waals surface area (Å²) in [5, 5.41) is 20.3. The molecule has 11 heteroatoms. The van der Waals surface area contributed by atoms with Crippen LogP contribution in [-0.4, -0.2) is 73.0 Å². The van der Waals surface area contributed by atoms with Crippen LogP contribution in [0.4, 0.5) is 0 Å². The van der Waals surface area contributed by atoms with E-state index in [1.54, 1.807) is 20.8 Å². The van der Waals surface area contributed by atoms with Crippen LogP contribution >= 0.6 is 19.0 Å². The summed E-state index contributed by atoms with van der Waals surface area (Å²) in [7, 11) is 3.76. The lowest BCUT2D eigenvalue weighted by atomic mass is 9.75. The third-order valence-electron chi connectivity index (χ3n) is 5.32. The van der Waals surface area contributed by atoms with Crippen LogP contribution in [-0.2, 0) is 23.1 Å². The number of aliphatic hydroxyl groups is 2. The topological polar surface area (TPSA) is 94.5 Å².